The maximum absolute atomic E-state index is 12.9. The third-order valence-electron chi connectivity index (χ3n) is 9.60. The van der Waals surface area contributed by atoms with E-state index >= 15 is 0 Å². The summed E-state index contributed by atoms with van der Waals surface area (Å²) in [4.78, 5) is 24.3. The van der Waals surface area contributed by atoms with Crippen molar-refractivity contribution in [3.63, 3.8) is 0 Å². The van der Waals surface area contributed by atoms with Gasteiger partial charge in [0, 0.05) is 25.1 Å². The SMILES string of the molecule is O=C(NCc1cccc(-c2ccc([C@@H]3O[C@H](CN4CCCCCCC4)C[C@H](c4ccc(CO)cc4)O3)cc2)c1)c1cnc2ccccc2n1. The number of carbonyl (C=O) groups excluding carboxylic acids is 1. The fourth-order valence-corrected chi connectivity index (χ4v) is 6.85. The number of para-hydroxylation sites is 2. The molecule has 2 aliphatic heterocycles. The monoisotopic (exact) mass is 656 g/mol. The average molecular weight is 657 g/mol. The van der Waals surface area contributed by atoms with Gasteiger partial charge in [-0.05, 0) is 71.9 Å². The topological polar surface area (TPSA) is 96.8 Å². The molecule has 0 aliphatic carbocycles. The van der Waals surface area contributed by atoms with Gasteiger partial charge in [0.05, 0.1) is 36.0 Å². The number of nitrogens with one attached hydrogen (secondary N) is 1. The second-order valence-corrected chi connectivity index (χ2v) is 13.2. The summed E-state index contributed by atoms with van der Waals surface area (Å²) in [7, 11) is 0. The fourth-order valence-electron chi connectivity index (χ4n) is 6.85. The number of amides is 1. The molecule has 0 spiro atoms. The first kappa shape index (κ1) is 33.0. The van der Waals surface area contributed by atoms with Gasteiger partial charge in [-0.25, -0.2) is 4.98 Å². The van der Waals surface area contributed by atoms with Gasteiger partial charge >= 0.3 is 0 Å². The first-order valence-corrected chi connectivity index (χ1v) is 17.5. The average Bonchev–Trinajstić information content (AvgIpc) is 3.15. The zero-order valence-electron chi connectivity index (χ0n) is 27.8. The molecular formula is C41H44N4O4. The molecule has 0 bridgehead atoms. The van der Waals surface area contributed by atoms with E-state index in [1.807, 2.05) is 48.5 Å². The van der Waals surface area contributed by atoms with Gasteiger partial charge in [0.1, 0.15) is 5.69 Å². The molecule has 0 saturated carbocycles. The first-order chi connectivity index (χ1) is 24.1. The highest BCUT2D eigenvalue weighted by molar-refractivity contribution is 5.93. The Hall–Kier alpha value is -4.47. The number of aliphatic hydroxyl groups is 1. The third-order valence-corrected chi connectivity index (χ3v) is 9.60. The van der Waals surface area contributed by atoms with E-state index in [-0.39, 0.29) is 24.7 Å². The number of nitrogens with zero attached hydrogens (tertiary/aromatic N) is 3. The van der Waals surface area contributed by atoms with Crippen LogP contribution in [0.3, 0.4) is 0 Å². The summed E-state index contributed by atoms with van der Waals surface area (Å²) >= 11 is 0. The van der Waals surface area contributed by atoms with E-state index in [9.17, 15) is 9.90 Å². The Morgan fingerprint density at radius 2 is 1.51 bits per heavy atom. The van der Waals surface area contributed by atoms with Crippen molar-refractivity contribution in [3.05, 3.63) is 131 Å². The van der Waals surface area contributed by atoms with Crippen molar-refractivity contribution >= 4 is 16.9 Å². The van der Waals surface area contributed by atoms with Crippen LogP contribution < -0.4 is 5.32 Å². The minimum absolute atomic E-state index is 0.0273. The number of rotatable bonds is 9. The summed E-state index contributed by atoms with van der Waals surface area (Å²) < 4.78 is 13.3. The predicted molar refractivity (Wildman–Crippen MR) is 191 cm³/mol. The molecule has 3 atom stereocenters. The largest absolute Gasteiger partial charge is 0.392 e. The van der Waals surface area contributed by atoms with Crippen LogP contribution in [0.4, 0.5) is 0 Å². The lowest BCUT2D eigenvalue weighted by Gasteiger charge is -2.38. The molecule has 2 fully saturated rings. The highest BCUT2D eigenvalue weighted by Crippen LogP contribution is 2.39. The molecule has 1 amide bonds. The lowest BCUT2D eigenvalue weighted by atomic mass is 9.98. The zero-order valence-corrected chi connectivity index (χ0v) is 27.8. The van der Waals surface area contributed by atoms with Crippen molar-refractivity contribution in [2.45, 2.75) is 70.2 Å². The standard InChI is InChI=1S/C41H44N4O4/c46-28-29-13-15-32(16-14-29)39-24-35(27-45-21-6-2-1-3-7-22-45)48-41(49-39)33-19-17-31(18-20-33)34-10-8-9-30(23-34)25-43-40(47)38-26-42-36-11-4-5-12-37(36)44-38/h4-5,8-20,23,26,35,39,41,46H,1-3,6-7,21-22,24-25,27-28H2,(H,43,47)/t35-,39+,41+/m0/s1. The molecule has 49 heavy (non-hydrogen) atoms. The van der Waals surface area contributed by atoms with Gasteiger partial charge in [0.2, 0.25) is 0 Å². The summed E-state index contributed by atoms with van der Waals surface area (Å²) in [5.74, 6) is -0.257. The Balaban J connectivity index is 1.03. The van der Waals surface area contributed by atoms with Gasteiger partial charge in [-0.2, -0.15) is 0 Å². The van der Waals surface area contributed by atoms with Crippen molar-refractivity contribution in [2.75, 3.05) is 19.6 Å². The summed E-state index contributed by atoms with van der Waals surface area (Å²) in [5, 5.41) is 12.5. The molecule has 2 N–H and O–H groups in total. The number of fused-ring (bicyclic) bond motifs is 1. The Morgan fingerprint density at radius 1 is 0.776 bits per heavy atom. The van der Waals surface area contributed by atoms with Crippen molar-refractivity contribution < 1.29 is 19.4 Å². The molecule has 5 aromatic rings. The van der Waals surface area contributed by atoms with Crippen LogP contribution in [0.2, 0.25) is 0 Å². The number of ether oxygens (including phenoxy) is 2. The number of carbonyl (C=O) groups is 1. The molecule has 1 aromatic heterocycles. The zero-order chi connectivity index (χ0) is 33.4. The van der Waals surface area contributed by atoms with E-state index in [1.54, 1.807) is 0 Å². The lowest BCUT2D eigenvalue weighted by molar-refractivity contribution is -0.253. The van der Waals surface area contributed by atoms with Gasteiger partial charge in [-0.3, -0.25) is 9.78 Å². The smallest absolute Gasteiger partial charge is 0.271 e. The molecule has 3 heterocycles. The van der Waals surface area contributed by atoms with Crippen molar-refractivity contribution in [1.29, 1.82) is 0 Å². The summed E-state index contributed by atoms with van der Waals surface area (Å²) in [6.07, 6.45) is 8.21. The van der Waals surface area contributed by atoms with Crippen LogP contribution >= 0.6 is 0 Å². The van der Waals surface area contributed by atoms with Crippen LogP contribution in [-0.2, 0) is 22.6 Å². The van der Waals surface area contributed by atoms with Gasteiger partial charge < -0.3 is 24.8 Å². The number of aromatic nitrogens is 2. The molecule has 2 aliphatic rings. The van der Waals surface area contributed by atoms with E-state index in [4.69, 9.17) is 9.47 Å². The van der Waals surface area contributed by atoms with E-state index in [1.165, 1.54) is 38.3 Å². The molecular weight excluding hydrogens is 612 g/mol. The normalized spacial score (nSPS) is 20.4. The lowest BCUT2D eigenvalue weighted by Crippen LogP contribution is -2.40. The highest BCUT2D eigenvalue weighted by atomic mass is 16.7. The molecule has 4 aromatic carbocycles. The van der Waals surface area contributed by atoms with Crippen LogP contribution in [0.25, 0.3) is 22.2 Å². The fraction of sp³-hybridized carbons (Fsp3) is 0.341. The number of hydrogen-bond donors (Lipinski definition) is 2. The second-order valence-electron chi connectivity index (χ2n) is 13.2. The summed E-state index contributed by atoms with van der Waals surface area (Å²) in [6.45, 7) is 3.55. The van der Waals surface area contributed by atoms with Gasteiger partial charge in [-0.15, -0.1) is 0 Å². The molecule has 0 radical (unpaired) electrons. The summed E-state index contributed by atoms with van der Waals surface area (Å²) in [5.41, 5.74) is 7.86. The highest BCUT2D eigenvalue weighted by Gasteiger charge is 2.33. The minimum Gasteiger partial charge on any atom is -0.392 e. The van der Waals surface area contributed by atoms with Crippen LogP contribution in [0.15, 0.2) is 103 Å². The Labute approximate surface area is 288 Å². The molecule has 0 unspecified atom stereocenters. The van der Waals surface area contributed by atoms with Crippen molar-refractivity contribution in [3.8, 4) is 11.1 Å². The van der Waals surface area contributed by atoms with Gasteiger partial charge in [-0.1, -0.05) is 98.1 Å². The minimum atomic E-state index is -0.482. The summed E-state index contributed by atoms with van der Waals surface area (Å²) in [6, 6.07) is 32.2. The van der Waals surface area contributed by atoms with E-state index in [0.717, 1.165) is 65.0 Å². The molecule has 252 valence electrons. The molecule has 8 nitrogen and oxygen atoms in total. The van der Waals surface area contributed by atoms with Crippen molar-refractivity contribution in [2.24, 2.45) is 0 Å². The number of benzene rings is 4. The molecule has 7 rings (SSSR count). The third kappa shape index (κ3) is 8.40. The van der Waals surface area contributed by atoms with E-state index in [2.05, 4.69) is 68.7 Å². The van der Waals surface area contributed by atoms with Crippen LogP contribution in [0.1, 0.15) is 83.7 Å². The molecule has 8 heteroatoms. The number of likely N-dealkylation sites (tertiary alicyclic amines) is 1. The second kappa shape index (κ2) is 15.8. The Morgan fingerprint density at radius 3 is 2.29 bits per heavy atom. The predicted octanol–water partition coefficient (Wildman–Crippen LogP) is 7.53. The first-order valence-electron chi connectivity index (χ1n) is 17.5. The number of hydrogen-bond acceptors (Lipinski definition) is 7. The van der Waals surface area contributed by atoms with Crippen LogP contribution in [0, 0.1) is 0 Å². The van der Waals surface area contributed by atoms with Gasteiger partial charge in [0.15, 0.2) is 6.29 Å². The quantitative estimate of drug-likeness (QED) is 0.169. The maximum Gasteiger partial charge on any atom is 0.271 e. The van der Waals surface area contributed by atoms with Crippen LogP contribution in [0.5, 0.6) is 0 Å². The number of aliphatic hydroxyl groups excluding tert-OH is 1. The Bertz CT molecular complexity index is 1840. The van der Waals surface area contributed by atoms with Crippen LogP contribution in [-0.4, -0.2) is 51.6 Å². The molecule has 2 saturated heterocycles. The maximum atomic E-state index is 12.9. The van der Waals surface area contributed by atoms with E-state index < -0.39 is 6.29 Å². The Kier molecular flexibility index (Phi) is 10.7. The van der Waals surface area contributed by atoms with E-state index in [0.29, 0.717) is 17.8 Å². The van der Waals surface area contributed by atoms with Gasteiger partial charge in [0.25, 0.3) is 5.91 Å². The van der Waals surface area contributed by atoms with Crippen molar-refractivity contribution in [1.82, 2.24) is 20.2 Å².